The molecule has 26 heavy (non-hydrogen) atoms. The van der Waals surface area contributed by atoms with E-state index in [1.807, 2.05) is 6.92 Å². The highest BCUT2D eigenvalue weighted by molar-refractivity contribution is 7.98. The molecule has 1 aromatic carbocycles. The maximum absolute atomic E-state index is 5.99. The number of rotatable bonds is 8. The highest BCUT2D eigenvalue weighted by atomic mass is 32.2. The quantitative estimate of drug-likeness (QED) is 0.600. The van der Waals surface area contributed by atoms with Crippen molar-refractivity contribution in [1.29, 1.82) is 0 Å². The first-order chi connectivity index (χ1) is 12.6. The molecular weight excluding hydrogens is 348 g/mol. The molecule has 0 unspecified atom stereocenters. The SMILES string of the molecule is CSc1ccc2cc(CNCc3nonc3C)c(OCC(C)C)nc2c1. The van der Waals surface area contributed by atoms with Crippen molar-refractivity contribution in [2.24, 2.45) is 5.92 Å². The van der Waals surface area contributed by atoms with Crippen LogP contribution in [0.4, 0.5) is 0 Å². The Morgan fingerprint density at radius 1 is 1.19 bits per heavy atom. The minimum atomic E-state index is 0.440. The van der Waals surface area contributed by atoms with Crippen LogP contribution in [0.5, 0.6) is 5.88 Å². The number of benzene rings is 1. The number of pyridine rings is 1. The highest BCUT2D eigenvalue weighted by Gasteiger charge is 2.11. The van der Waals surface area contributed by atoms with Crippen molar-refractivity contribution in [2.45, 2.75) is 38.8 Å². The number of nitrogens with zero attached hydrogens (tertiary/aromatic N) is 3. The van der Waals surface area contributed by atoms with Crippen molar-refractivity contribution in [3.8, 4) is 5.88 Å². The molecule has 0 spiro atoms. The number of ether oxygens (including phenoxy) is 1. The molecule has 0 saturated heterocycles. The summed E-state index contributed by atoms with van der Waals surface area (Å²) in [6.45, 7) is 8.00. The maximum atomic E-state index is 5.99. The standard InChI is InChI=1S/C19H24N4O2S/c1-12(2)11-24-19-15(9-20-10-18-13(3)22-25-23-18)7-14-5-6-16(26-4)8-17(14)21-19/h5-8,12,20H,9-11H2,1-4H3. The number of thioether (sulfide) groups is 1. The van der Waals surface area contributed by atoms with Gasteiger partial charge in [0.2, 0.25) is 5.88 Å². The van der Waals surface area contributed by atoms with Crippen molar-refractivity contribution >= 4 is 22.7 Å². The lowest BCUT2D eigenvalue weighted by Gasteiger charge is -2.14. The summed E-state index contributed by atoms with van der Waals surface area (Å²) >= 11 is 1.71. The molecule has 6 nitrogen and oxygen atoms in total. The Kier molecular flexibility index (Phi) is 6.11. The zero-order chi connectivity index (χ0) is 18.5. The first kappa shape index (κ1) is 18.7. The van der Waals surface area contributed by atoms with Crippen LogP contribution in [0.25, 0.3) is 10.9 Å². The van der Waals surface area contributed by atoms with E-state index in [1.54, 1.807) is 11.8 Å². The molecule has 0 radical (unpaired) electrons. The van der Waals surface area contributed by atoms with Gasteiger partial charge in [0.15, 0.2) is 0 Å². The molecule has 0 fully saturated rings. The van der Waals surface area contributed by atoms with E-state index in [0.717, 1.165) is 27.9 Å². The molecule has 0 aliphatic rings. The van der Waals surface area contributed by atoms with Crippen LogP contribution in [0.2, 0.25) is 0 Å². The van der Waals surface area contributed by atoms with Crippen LogP contribution in [0, 0.1) is 12.8 Å². The number of hydrogen-bond donors (Lipinski definition) is 1. The van der Waals surface area contributed by atoms with Crippen LogP contribution in [-0.4, -0.2) is 28.2 Å². The van der Waals surface area contributed by atoms with E-state index in [-0.39, 0.29) is 0 Å². The van der Waals surface area contributed by atoms with Crippen molar-refractivity contribution in [3.05, 3.63) is 41.2 Å². The highest BCUT2D eigenvalue weighted by Crippen LogP contribution is 2.26. The zero-order valence-electron chi connectivity index (χ0n) is 15.6. The van der Waals surface area contributed by atoms with Crippen LogP contribution >= 0.6 is 11.8 Å². The lowest BCUT2D eigenvalue weighted by Crippen LogP contribution is -2.16. The predicted molar refractivity (Wildman–Crippen MR) is 103 cm³/mol. The summed E-state index contributed by atoms with van der Waals surface area (Å²) in [7, 11) is 0. The summed E-state index contributed by atoms with van der Waals surface area (Å²) in [5.74, 6) is 1.13. The van der Waals surface area contributed by atoms with Crippen LogP contribution in [-0.2, 0) is 13.1 Å². The Bertz CT molecular complexity index is 879. The predicted octanol–water partition coefficient (Wildman–Crippen LogP) is 3.97. The fourth-order valence-electron chi connectivity index (χ4n) is 2.52. The first-order valence-electron chi connectivity index (χ1n) is 8.66. The van der Waals surface area contributed by atoms with Gasteiger partial charge in [0, 0.05) is 28.9 Å². The van der Waals surface area contributed by atoms with Gasteiger partial charge in [-0.05, 0) is 37.3 Å². The lowest BCUT2D eigenvalue weighted by molar-refractivity contribution is 0.259. The molecule has 0 aliphatic heterocycles. The third-order valence-electron chi connectivity index (χ3n) is 3.97. The van der Waals surface area contributed by atoms with Crippen LogP contribution in [0.3, 0.4) is 0 Å². The summed E-state index contributed by atoms with van der Waals surface area (Å²) in [4.78, 5) is 5.96. The first-order valence-corrected chi connectivity index (χ1v) is 9.88. The van der Waals surface area contributed by atoms with Gasteiger partial charge in [0.05, 0.1) is 12.1 Å². The summed E-state index contributed by atoms with van der Waals surface area (Å²) in [6.07, 6.45) is 2.07. The number of fused-ring (bicyclic) bond motifs is 1. The summed E-state index contributed by atoms with van der Waals surface area (Å²) in [5, 5.41) is 12.2. The van der Waals surface area contributed by atoms with Gasteiger partial charge in [-0.1, -0.05) is 30.2 Å². The van der Waals surface area contributed by atoms with E-state index in [2.05, 4.69) is 60.0 Å². The smallest absolute Gasteiger partial charge is 0.218 e. The van der Waals surface area contributed by atoms with Gasteiger partial charge in [-0.3, -0.25) is 0 Å². The van der Waals surface area contributed by atoms with E-state index < -0.39 is 0 Å². The Hall–Kier alpha value is -2.12. The topological polar surface area (TPSA) is 73.1 Å². The van der Waals surface area contributed by atoms with Gasteiger partial charge in [0.1, 0.15) is 11.4 Å². The number of aryl methyl sites for hydroxylation is 1. The molecule has 2 heterocycles. The average molecular weight is 372 g/mol. The second kappa shape index (κ2) is 8.51. The average Bonchev–Trinajstić information content (AvgIpc) is 3.04. The molecule has 2 aromatic heterocycles. The fraction of sp³-hybridized carbons (Fsp3) is 0.421. The summed E-state index contributed by atoms with van der Waals surface area (Å²) < 4.78 is 10.7. The Balaban J connectivity index is 1.82. The van der Waals surface area contributed by atoms with E-state index in [1.165, 1.54) is 4.90 Å². The van der Waals surface area contributed by atoms with Crippen molar-refractivity contribution in [1.82, 2.24) is 20.6 Å². The van der Waals surface area contributed by atoms with E-state index >= 15 is 0 Å². The van der Waals surface area contributed by atoms with Gasteiger partial charge < -0.3 is 10.1 Å². The molecular formula is C19H24N4O2S. The van der Waals surface area contributed by atoms with Gasteiger partial charge >= 0.3 is 0 Å². The number of hydrogen-bond acceptors (Lipinski definition) is 7. The minimum absolute atomic E-state index is 0.440. The molecule has 3 rings (SSSR count). The molecule has 3 aromatic rings. The fourth-order valence-corrected chi connectivity index (χ4v) is 2.96. The zero-order valence-corrected chi connectivity index (χ0v) is 16.4. The number of aromatic nitrogens is 3. The molecule has 1 N–H and O–H groups in total. The summed E-state index contributed by atoms with van der Waals surface area (Å²) in [6, 6.07) is 8.47. The molecule has 7 heteroatoms. The van der Waals surface area contributed by atoms with Crippen molar-refractivity contribution in [3.63, 3.8) is 0 Å². The summed E-state index contributed by atoms with van der Waals surface area (Å²) in [5.41, 5.74) is 3.60. The van der Waals surface area contributed by atoms with Gasteiger partial charge in [0.25, 0.3) is 0 Å². The molecule has 0 saturated carbocycles. The molecule has 138 valence electrons. The third kappa shape index (κ3) is 4.53. The van der Waals surface area contributed by atoms with E-state index in [0.29, 0.717) is 31.5 Å². The second-order valence-corrected chi connectivity index (χ2v) is 7.50. The third-order valence-corrected chi connectivity index (χ3v) is 4.70. The van der Waals surface area contributed by atoms with Gasteiger partial charge in [-0.15, -0.1) is 11.8 Å². The Labute approximate surface area is 157 Å². The van der Waals surface area contributed by atoms with Crippen LogP contribution in [0.1, 0.15) is 30.8 Å². The molecule has 0 aliphatic carbocycles. The monoisotopic (exact) mass is 372 g/mol. The minimum Gasteiger partial charge on any atom is -0.477 e. The number of nitrogens with one attached hydrogen (secondary N) is 1. The van der Waals surface area contributed by atoms with Crippen molar-refractivity contribution < 1.29 is 9.37 Å². The van der Waals surface area contributed by atoms with E-state index in [9.17, 15) is 0 Å². The van der Waals surface area contributed by atoms with Crippen LogP contribution in [0.15, 0.2) is 33.8 Å². The van der Waals surface area contributed by atoms with Crippen LogP contribution < -0.4 is 10.1 Å². The van der Waals surface area contributed by atoms with E-state index in [4.69, 9.17) is 14.3 Å². The maximum Gasteiger partial charge on any atom is 0.218 e. The molecule has 0 atom stereocenters. The Morgan fingerprint density at radius 2 is 2.04 bits per heavy atom. The normalized spacial score (nSPS) is 11.4. The molecule has 0 amide bonds. The van der Waals surface area contributed by atoms with Crippen molar-refractivity contribution in [2.75, 3.05) is 12.9 Å². The lowest BCUT2D eigenvalue weighted by atomic mass is 10.1. The largest absolute Gasteiger partial charge is 0.477 e. The Morgan fingerprint density at radius 3 is 2.73 bits per heavy atom. The van der Waals surface area contributed by atoms with Gasteiger partial charge in [-0.25, -0.2) is 9.61 Å². The second-order valence-electron chi connectivity index (χ2n) is 6.62. The molecule has 0 bridgehead atoms. The van der Waals surface area contributed by atoms with Gasteiger partial charge in [-0.2, -0.15) is 0 Å².